The van der Waals surface area contributed by atoms with E-state index < -0.39 is 11.9 Å². The number of pyridine rings is 1. The minimum atomic E-state index is -4.46. The van der Waals surface area contributed by atoms with Crippen LogP contribution in [0.15, 0.2) is 29.6 Å². The highest BCUT2D eigenvalue weighted by molar-refractivity contribution is 7.13. The standard InChI is InChI=1S/C15H11F3N2O2S/c1-21-8-5-11-9(12(6-8)22-2)3-4-10(19-11)14-20-13(7-23-14)15(16,17)18/h3-7H,1-2H3. The topological polar surface area (TPSA) is 44.2 Å². The molecule has 2 heterocycles. The van der Waals surface area contributed by atoms with E-state index >= 15 is 0 Å². The van der Waals surface area contributed by atoms with E-state index in [4.69, 9.17) is 9.47 Å². The second kappa shape index (κ2) is 5.69. The number of benzene rings is 1. The number of rotatable bonds is 3. The van der Waals surface area contributed by atoms with Crippen LogP contribution in [0.25, 0.3) is 21.6 Å². The number of ether oxygens (including phenoxy) is 2. The lowest BCUT2D eigenvalue weighted by atomic mass is 10.1. The molecule has 0 atom stereocenters. The average Bonchev–Trinajstić information content (AvgIpc) is 3.03. The van der Waals surface area contributed by atoms with Gasteiger partial charge >= 0.3 is 6.18 Å². The summed E-state index contributed by atoms with van der Waals surface area (Å²) in [6.45, 7) is 0. The first-order chi connectivity index (χ1) is 10.9. The number of thiazole rings is 1. The molecule has 0 fully saturated rings. The van der Waals surface area contributed by atoms with E-state index in [0.717, 1.165) is 22.1 Å². The number of methoxy groups -OCH3 is 2. The first-order valence-corrected chi connectivity index (χ1v) is 7.36. The second-order valence-electron chi connectivity index (χ2n) is 4.63. The van der Waals surface area contributed by atoms with E-state index in [9.17, 15) is 13.2 Å². The summed E-state index contributed by atoms with van der Waals surface area (Å²) in [6.07, 6.45) is -4.46. The van der Waals surface area contributed by atoms with E-state index in [2.05, 4.69) is 9.97 Å². The Morgan fingerprint density at radius 2 is 1.83 bits per heavy atom. The molecular formula is C15H11F3N2O2S. The van der Waals surface area contributed by atoms with Crippen molar-refractivity contribution in [3.8, 4) is 22.2 Å². The molecule has 0 aliphatic rings. The van der Waals surface area contributed by atoms with Crippen molar-refractivity contribution in [2.75, 3.05) is 14.2 Å². The van der Waals surface area contributed by atoms with Gasteiger partial charge in [-0.15, -0.1) is 11.3 Å². The molecule has 0 bridgehead atoms. The molecule has 2 aromatic heterocycles. The minimum Gasteiger partial charge on any atom is -0.497 e. The van der Waals surface area contributed by atoms with Crippen LogP contribution in [0.2, 0.25) is 0 Å². The lowest BCUT2D eigenvalue weighted by molar-refractivity contribution is -0.140. The van der Waals surface area contributed by atoms with Crippen LogP contribution in [-0.2, 0) is 6.18 Å². The van der Waals surface area contributed by atoms with Gasteiger partial charge in [0.05, 0.1) is 25.4 Å². The van der Waals surface area contributed by atoms with Crippen LogP contribution in [0.5, 0.6) is 11.5 Å². The normalized spacial score (nSPS) is 11.7. The lowest BCUT2D eigenvalue weighted by Gasteiger charge is -2.09. The van der Waals surface area contributed by atoms with Crippen LogP contribution in [-0.4, -0.2) is 24.2 Å². The lowest BCUT2D eigenvalue weighted by Crippen LogP contribution is -2.04. The Balaban J connectivity index is 2.11. The Labute approximate surface area is 133 Å². The summed E-state index contributed by atoms with van der Waals surface area (Å²) in [5.41, 5.74) is 0.0124. The van der Waals surface area contributed by atoms with Gasteiger partial charge in [-0.05, 0) is 12.1 Å². The summed E-state index contributed by atoms with van der Waals surface area (Å²) < 4.78 is 48.4. The molecule has 120 valence electrons. The third-order valence-corrected chi connectivity index (χ3v) is 4.08. The van der Waals surface area contributed by atoms with Crippen molar-refractivity contribution in [1.29, 1.82) is 0 Å². The number of aromatic nitrogens is 2. The van der Waals surface area contributed by atoms with Crippen LogP contribution < -0.4 is 9.47 Å². The number of nitrogens with zero attached hydrogens (tertiary/aromatic N) is 2. The first kappa shape index (κ1) is 15.5. The Morgan fingerprint density at radius 3 is 2.43 bits per heavy atom. The fourth-order valence-electron chi connectivity index (χ4n) is 2.10. The third-order valence-electron chi connectivity index (χ3n) is 3.21. The molecule has 1 aromatic carbocycles. The summed E-state index contributed by atoms with van der Waals surface area (Å²) in [5, 5.41) is 1.93. The Bertz CT molecular complexity index is 862. The van der Waals surface area contributed by atoms with E-state index in [1.54, 1.807) is 24.3 Å². The van der Waals surface area contributed by atoms with Gasteiger partial charge in [-0.2, -0.15) is 13.2 Å². The molecule has 8 heteroatoms. The van der Waals surface area contributed by atoms with Gasteiger partial charge in [0.1, 0.15) is 16.5 Å². The fourth-order valence-corrected chi connectivity index (χ4v) is 2.90. The average molecular weight is 340 g/mol. The second-order valence-corrected chi connectivity index (χ2v) is 5.49. The molecule has 0 amide bonds. The molecule has 0 N–H and O–H groups in total. The van der Waals surface area contributed by atoms with Crippen molar-refractivity contribution in [3.63, 3.8) is 0 Å². The molecule has 0 radical (unpaired) electrons. The van der Waals surface area contributed by atoms with Gasteiger partial charge in [0, 0.05) is 22.9 Å². The molecule has 3 aromatic rings. The number of hydrogen-bond acceptors (Lipinski definition) is 5. The summed E-state index contributed by atoms with van der Waals surface area (Å²) in [7, 11) is 3.04. The van der Waals surface area contributed by atoms with Gasteiger partial charge in [0.25, 0.3) is 0 Å². The van der Waals surface area contributed by atoms with Crippen molar-refractivity contribution in [3.05, 3.63) is 35.3 Å². The maximum Gasteiger partial charge on any atom is 0.434 e. The molecule has 0 aliphatic carbocycles. The molecule has 0 aliphatic heterocycles. The molecule has 0 spiro atoms. The highest BCUT2D eigenvalue weighted by Crippen LogP contribution is 2.35. The maximum atomic E-state index is 12.7. The highest BCUT2D eigenvalue weighted by atomic mass is 32.1. The van der Waals surface area contributed by atoms with Crippen LogP contribution in [0.1, 0.15) is 5.69 Å². The van der Waals surface area contributed by atoms with Crippen LogP contribution in [0.3, 0.4) is 0 Å². The summed E-state index contributed by atoms with van der Waals surface area (Å²) in [4.78, 5) is 7.99. The number of fused-ring (bicyclic) bond motifs is 1. The van der Waals surface area contributed by atoms with Crippen molar-refractivity contribution in [2.45, 2.75) is 6.18 Å². The zero-order valence-corrected chi connectivity index (χ0v) is 13.0. The van der Waals surface area contributed by atoms with Crippen molar-refractivity contribution < 1.29 is 22.6 Å². The molecule has 23 heavy (non-hydrogen) atoms. The minimum absolute atomic E-state index is 0.209. The van der Waals surface area contributed by atoms with E-state index in [1.807, 2.05) is 0 Å². The van der Waals surface area contributed by atoms with Gasteiger partial charge in [0.2, 0.25) is 0 Å². The number of alkyl halides is 3. The molecular weight excluding hydrogens is 329 g/mol. The van der Waals surface area contributed by atoms with Crippen molar-refractivity contribution in [1.82, 2.24) is 9.97 Å². The van der Waals surface area contributed by atoms with Crippen LogP contribution in [0.4, 0.5) is 13.2 Å². The summed E-state index contributed by atoms with van der Waals surface area (Å²) in [6, 6.07) is 6.77. The molecule has 4 nitrogen and oxygen atoms in total. The SMILES string of the molecule is COc1cc(OC)c2ccc(-c3nc(C(F)(F)F)cs3)nc2c1. The molecule has 0 saturated carbocycles. The quantitative estimate of drug-likeness (QED) is 0.709. The first-order valence-electron chi connectivity index (χ1n) is 6.48. The van der Waals surface area contributed by atoms with Crippen molar-refractivity contribution >= 4 is 22.2 Å². The zero-order valence-electron chi connectivity index (χ0n) is 12.1. The maximum absolute atomic E-state index is 12.7. The van der Waals surface area contributed by atoms with Gasteiger partial charge in [-0.3, -0.25) is 0 Å². The summed E-state index contributed by atoms with van der Waals surface area (Å²) >= 11 is 0.902. The van der Waals surface area contributed by atoms with Gasteiger partial charge in [-0.25, -0.2) is 9.97 Å². The largest absolute Gasteiger partial charge is 0.497 e. The number of hydrogen-bond donors (Lipinski definition) is 0. The van der Waals surface area contributed by atoms with Gasteiger partial charge in [-0.1, -0.05) is 0 Å². The Hall–Kier alpha value is -2.35. The van der Waals surface area contributed by atoms with Gasteiger partial charge < -0.3 is 9.47 Å². The monoisotopic (exact) mass is 340 g/mol. The van der Waals surface area contributed by atoms with E-state index in [1.165, 1.54) is 14.2 Å². The van der Waals surface area contributed by atoms with E-state index in [-0.39, 0.29) is 5.01 Å². The number of halogens is 3. The van der Waals surface area contributed by atoms with Gasteiger partial charge in [0.15, 0.2) is 5.69 Å². The Morgan fingerprint density at radius 1 is 1.04 bits per heavy atom. The smallest absolute Gasteiger partial charge is 0.434 e. The van der Waals surface area contributed by atoms with Crippen LogP contribution in [0, 0.1) is 0 Å². The predicted molar refractivity (Wildman–Crippen MR) is 81.0 cm³/mol. The third kappa shape index (κ3) is 2.94. The van der Waals surface area contributed by atoms with Crippen LogP contribution >= 0.6 is 11.3 Å². The fraction of sp³-hybridized carbons (Fsp3) is 0.200. The highest BCUT2D eigenvalue weighted by Gasteiger charge is 2.34. The zero-order chi connectivity index (χ0) is 16.6. The molecule has 0 saturated heterocycles. The molecule has 0 unspecified atom stereocenters. The molecule has 3 rings (SSSR count). The Kier molecular flexibility index (Phi) is 3.85. The van der Waals surface area contributed by atoms with E-state index in [0.29, 0.717) is 22.7 Å². The predicted octanol–water partition coefficient (Wildman–Crippen LogP) is 4.39. The van der Waals surface area contributed by atoms with Crippen molar-refractivity contribution in [2.24, 2.45) is 0 Å². The summed E-state index contributed by atoms with van der Waals surface area (Å²) in [5.74, 6) is 1.13.